The standard InChI is InChI=1S/C15H13ClF2O/c1-10(16)19-15(11-2-6-13(17)7-3-11)12-4-8-14(18)9-5-12/h2-10,15H,1H3. The first-order valence-electron chi connectivity index (χ1n) is 5.87. The highest BCUT2D eigenvalue weighted by Crippen LogP contribution is 2.28. The summed E-state index contributed by atoms with van der Waals surface area (Å²) in [6.07, 6.45) is -0.450. The van der Waals surface area contributed by atoms with Gasteiger partial charge in [0.2, 0.25) is 0 Å². The summed E-state index contributed by atoms with van der Waals surface area (Å²) < 4.78 is 31.5. The molecule has 1 atom stereocenters. The van der Waals surface area contributed by atoms with Crippen molar-refractivity contribution >= 4 is 11.6 Å². The largest absolute Gasteiger partial charge is 0.350 e. The summed E-state index contributed by atoms with van der Waals surface area (Å²) in [6, 6.07) is 11.9. The molecule has 0 spiro atoms. The molecule has 0 radical (unpaired) electrons. The van der Waals surface area contributed by atoms with E-state index in [-0.39, 0.29) is 11.6 Å². The van der Waals surface area contributed by atoms with Gasteiger partial charge in [-0.3, -0.25) is 0 Å². The lowest BCUT2D eigenvalue weighted by atomic mass is 10.0. The van der Waals surface area contributed by atoms with Gasteiger partial charge in [0.15, 0.2) is 0 Å². The Labute approximate surface area is 115 Å². The predicted molar refractivity (Wildman–Crippen MR) is 71.0 cm³/mol. The molecule has 4 heteroatoms. The van der Waals surface area contributed by atoms with E-state index in [1.807, 2.05) is 0 Å². The molecule has 1 unspecified atom stereocenters. The highest BCUT2D eigenvalue weighted by Gasteiger charge is 2.17. The molecule has 0 heterocycles. The SMILES string of the molecule is CC(Cl)OC(c1ccc(F)cc1)c1ccc(F)cc1. The van der Waals surface area contributed by atoms with Crippen LogP contribution in [0.5, 0.6) is 0 Å². The average molecular weight is 283 g/mol. The summed E-state index contributed by atoms with van der Waals surface area (Å²) in [7, 11) is 0. The van der Waals surface area contributed by atoms with Gasteiger partial charge >= 0.3 is 0 Å². The van der Waals surface area contributed by atoms with Crippen LogP contribution in [-0.2, 0) is 4.74 Å². The number of hydrogen-bond donors (Lipinski definition) is 0. The zero-order valence-corrected chi connectivity index (χ0v) is 11.1. The van der Waals surface area contributed by atoms with Crippen molar-refractivity contribution in [2.24, 2.45) is 0 Å². The number of rotatable bonds is 4. The van der Waals surface area contributed by atoms with Gasteiger partial charge in [0.1, 0.15) is 23.3 Å². The lowest BCUT2D eigenvalue weighted by Crippen LogP contribution is -2.10. The number of hydrogen-bond acceptors (Lipinski definition) is 1. The summed E-state index contributed by atoms with van der Waals surface area (Å²) in [5.74, 6) is -0.638. The van der Waals surface area contributed by atoms with Crippen LogP contribution in [-0.4, -0.2) is 5.56 Å². The normalized spacial score (nSPS) is 12.7. The molecule has 0 aromatic heterocycles. The monoisotopic (exact) mass is 282 g/mol. The van der Waals surface area contributed by atoms with Crippen LogP contribution in [0.25, 0.3) is 0 Å². The van der Waals surface area contributed by atoms with Gasteiger partial charge in [-0.25, -0.2) is 8.78 Å². The molecule has 2 rings (SSSR count). The minimum atomic E-state index is -0.514. The molecule has 0 aliphatic heterocycles. The molecular formula is C15H13ClF2O. The van der Waals surface area contributed by atoms with Gasteiger partial charge in [0, 0.05) is 0 Å². The molecule has 2 aromatic carbocycles. The number of alkyl halides is 1. The lowest BCUT2D eigenvalue weighted by Gasteiger charge is -2.20. The first-order chi connectivity index (χ1) is 9.06. The van der Waals surface area contributed by atoms with E-state index in [1.165, 1.54) is 24.3 Å². The summed E-state index contributed by atoms with van der Waals surface area (Å²) in [4.78, 5) is 0. The van der Waals surface area contributed by atoms with E-state index in [1.54, 1.807) is 31.2 Å². The zero-order chi connectivity index (χ0) is 13.8. The van der Waals surface area contributed by atoms with Crippen molar-refractivity contribution in [3.8, 4) is 0 Å². The molecule has 2 aromatic rings. The van der Waals surface area contributed by atoms with Crippen LogP contribution >= 0.6 is 11.6 Å². The fourth-order valence-electron chi connectivity index (χ4n) is 1.81. The Morgan fingerprint density at radius 3 is 1.53 bits per heavy atom. The molecule has 0 N–H and O–H groups in total. The van der Waals surface area contributed by atoms with E-state index in [9.17, 15) is 8.78 Å². The molecule has 0 saturated heterocycles. The quantitative estimate of drug-likeness (QED) is 0.741. The molecular weight excluding hydrogens is 270 g/mol. The fraction of sp³-hybridized carbons (Fsp3) is 0.200. The predicted octanol–water partition coefficient (Wildman–Crippen LogP) is 4.66. The second-order valence-corrected chi connectivity index (χ2v) is 4.78. The van der Waals surface area contributed by atoms with Crippen LogP contribution in [0.1, 0.15) is 24.2 Å². The van der Waals surface area contributed by atoms with Crippen LogP contribution < -0.4 is 0 Å². The molecule has 1 nitrogen and oxygen atoms in total. The minimum Gasteiger partial charge on any atom is -0.350 e. The maximum absolute atomic E-state index is 13.0. The summed E-state index contributed by atoms with van der Waals surface area (Å²) >= 11 is 5.86. The average Bonchev–Trinajstić information content (AvgIpc) is 2.38. The van der Waals surface area contributed by atoms with Gasteiger partial charge < -0.3 is 4.74 Å². The first-order valence-corrected chi connectivity index (χ1v) is 6.30. The molecule has 0 amide bonds. The van der Waals surface area contributed by atoms with E-state index in [0.717, 1.165) is 11.1 Å². The maximum atomic E-state index is 13.0. The number of benzene rings is 2. The Hall–Kier alpha value is -1.45. The molecule has 0 fully saturated rings. The second kappa shape index (κ2) is 6.13. The smallest absolute Gasteiger partial charge is 0.129 e. The van der Waals surface area contributed by atoms with Crippen LogP contribution in [0.15, 0.2) is 48.5 Å². The van der Waals surface area contributed by atoms with Crippen LogP contribution in [0, 0.1) is 11.6 Å². The van der Waals surface area contributed by atoms with Crippen molar-refractivity contribution in [1.82, 2.24) is 0 Å². The summed E-state index contributed by atoms with van der Waals surface area (Å²) in [5.41, 5.74) is 1.01. The molecule has 0 aliphatic rings. The van der Waals surface area contributed by atoms with Crippen molar-refractivity contribution in [2.45, 2.75) is 18.6 Å². The van der Waals surface area contributed by atoms with Gasteiger partial charge in [-0.2, -0.15) is 0 Å². The Bertz CT molecular complexity index is 477. The Kier molecular flexibility index (Phi) is 4.51. The molecule has 0 saturated carbocycles. The van der Waals surface area contributed by atoms with Gasteiger partial charge in [-0.1, -0.05) is 35.9 Å². The van der Waals surface area contributed by atoms with E-state index < -0.39 is 11.7 Å². The van der Waals surface area contributed by atoms with Crippen molar-refractivity contribution in [3.05, 3.63) is 71.3 Å². The van der Waals surface area contributed by atoms with E-state index >= 15 is 0 Å². The van der Waals surface area contributed by atoms with Gasteiger partial charge in [0.05, 0.1) is 0 Å². The van der Waals surface area contributed by atoms with Crippen LogP contribution in [0.2, 0.25) is 0 Å². The zero-order valence-electron chi connectivity index (χ0n) is 10.3. The second-order valence-electron chi connectivity index (χ2n) is 4.16. The Balaban J connectivity index is 2.35. The lowest BCUT2D eigenvalue weighted by molar-refractivity contribution is 0.0657. The van der Waals surface area contributed by atoms with Crippen LogP contribution in [0.3, 0.4) is 0 Å². The third-order valence-corrected chi connectivity index (χ3v) is 2.77. The van der Waals surface area contributed by atoms with Crippen molar-refractivity contribution in [3.63, 3.8) is 0 Å². The third kappa shape index (κ3) is 3.75. The Morgan fingerprint density at radius 2 is 1.21 bits per heavy atom. The van der Waals surface area contributed by atoms with Crippen LogP contribution in [0.4, 0.5) is 8.78 Å². The molecule has 100 valence electrons. The number of halogens is 3. The van der Waals surface area contributed by atoms with Gasteiger partial charge in [0.25, 0.3) is 0 Å². The first kappa shape index (κ1) is 14.0. The van der Waals surface area contributed by atoms with Gasteiger partial charge in [-0.15, -0.1) is 0 Å². The van der Waals surface area contributed by atoms with Gasteiger partial charge in [-0.05, 0) is 42.3 Å². The molecule has 0 aliphatic carbocycles. The topological polar surface area (TPSA) is 9.23 Å². The van der Waals surface area contributed by atoms with E-state index in [0.29, 0.717) is 0 Å². The highest BCUT2D eigenvalue weighted by molar-refractivity contribution is 6.19. The van der Waals surface area contributed by atoms with E-state index in [2.05, 4.69) is 0 Å². The third-order valence-electron chi connectivity index (χ3n) is 2.67. The van der Waals surface area contributed by atoms with Crippen molar-refractivity contribution < 1.29 is 13.5 Å². The molecule has 19 heavy (non-hydrogen) atoms. The highest BCUT2D eigenvalue weighted by atomic mass is 35.5. The molecule has 0 bridgehead atoms. The van der Waals surface area contributed by atoms with Crippen molar-refractivity contribution in [1.29, 1.82) is 0 Å². The maximum Gasteiger partial charge on any atom is 0.129 e. The Morgan fingerprint density at radius 1 is 0.842 bits per heavy atom. The van der Waals surface area contributed by atoms with E-state index in [4.69, 9.17) is 16.3 Å². The summed E-state index contributed by atoms with van der Waals surface area (Å²) in [5, 5.41) is 0. The number of ether oxygens (including phenoxy) is 1. The van der Waals surface area contributed by atoms with Crippen molar-refractivity contribution in [2.75, 3.05) is 0 Å². The summed E-state index contributed by atoms with van der Waals surface area (Å²) in [6.45, 7) is 1.70. The fourth-order valence-corrected chi connectivity index (χ4v) is 1.92. The minimum absolute atomic E-state index is 0.319.